The molecule has 0 saturated carbocycles. The lowest BCUT2D eigenvalue weighted by Crippen LogP contribution is -2.09. The number of anilines is 6. The van der Waals surface area contributed by atoms with Crippen LogP contribution in [0.4, 0.5) is 34.1 Å². The van der Waals surface area contributed by atoms with Crippen molar-refractivity contribution in [3.63, 3.8) is 0 Å². The molecule has 2 aromatic heterocycles. The Hall–Kier alpha value is -10.1. The Bertz CT molecular complexity index is 3900. The van der Waals surface area contributed by atoms with Crippen molar-refractivity contribution in [3.05, 3.63) is 296 Å². The predicted octanol–water partition coefficient (Wildman–Crippen LogP) is 19.5. The summed E-state index contributed by atoms with van der Waals surface area (Å²) in [4.78, 5) is 14.9. The van der Waals surface area contributed by atoms with Crippen LogP contribution >= 0.6 is 0 Å². The lowest BCUT2D eigenvalue weighted by Gasteiger charge is -2.26. The van der Waals surface area contributed by atoms with Crippen molar-refractivity contribution in [2.24, 2.45) is 0 Å². The number of fused-ring (bicyclic) bond motifs is 3. The van der Waals surface area contributed by atoms with Gasteiger partial charge in [0, 0.05) is 67.3 Å². The largest absolute Gasteiger partial charge is 0.310 e. The first-order valence-corrected chi connectivity index (χ1v) is 26.2. The molecule has 0 aliphatic rings. The number of hydrogen-bond donors (Lipinski definition) is 0. The molecular weight excluding hydrogens is 935 g/mol. The highest BCUT2D eigenvalue weighted by Crippen LogP contribution is 2.43. The average molecular weight is 988 g/mol. The van der Waals surface area contributed by atoms with E-state index in [1.54, 1.807) is 0 Å². The van der Waals surface area contributed by atoms with Crippen LogP contribution in [-0.4, -0.2) is 14.5 Å². The molecule has 0 aliphatic carbocycles. The van der Waals surface area contributed by atoms with Gasteiger partial charge in [0.2, 0.25) is 0 Å². The zero-order valence-electron chi connectivity index (χ0n) is 42.9. The second-order valence-corrected chi connectivity index (χ2v) is 19.6. The molecule has 13 rings (SSSR count). The summed E-state index contributed by atoms with van der Waals surface area (Å²) in [6, 6.07) is 102. The monoisotopic (exact) mass is 987 g/mol. The average Bonchev–Trinajstić information content (AvgIpc) is 3.85. The molecule has 0 unspecified atom stereocenters. The minimum atomic E-state index is 0.717. The maximum Gasteiger partial charge on any atom is 0.160 e. The van der Waals surface area contributed by atoms with Gasteiger partial charge in [0.05, 0.1) is 22.4 Å². The first-order chi connectivity index (χ1) is 38.0. The molecule has 0 spiro atoms. The molecule has 0 atom stereocenters. The van der Waals surface area contributed by atoms with Gasteiger partial charge in [-0.2, -0.15) is 0 Å². The maximum atomic E-state index is 5.15. The minimum absolute atomic E-state index is 0.717. The fourth-order valence-electron chi connectivity index (χ4n) is 10.9. The smallest absolute Gasteiger partial charge is 0.160 e. The van der Waals surface area contributed by atoms with Gasteiger partial charge in [-0.25, -0.2) is 9.97 Å². The molecule has 13 aromatic rings. The van der Waals surface area contributed by atoms with Crippen molar-refractivity contribution in [2.45, 2.75) is 13.8 Å². The summed E-state index contributed by atoms with van der Waals surface area (Å²) in [5.41, 5.74) is 22.0. The second-order valence-electron chi connectivity index (χ2n) is 19.6. The summed E-state index contributed by atoms with van der Waals surface area (Å²) >= 11 is 0. The van der Waals surface area contributed by atoms with E-state index in [1.165, 1.54) is 27.5 Å². The van der Waals surface area contributed by atoms with Gasteiger partial charge < -0.3 is 14.4 Å². The van der Waals surface area contributed by atoms with Gasteiger partial charge in [-0.05, 0) is 156 Å². The van der Waals surface area contributed by atoms with E-state index in [-0.39, 0.29) is 0 Å². The van der Waals surface area contributed by atoms with Gasteiger partial charge in [0.15, 0.2) is 5.82 Å². The van der Waals surface area contributed by atoms with Crippen molar-refractivity contribution >= 4 is 55.9 Å². The molecule has 0 bridgehead atoms. The summed E-state index contributed by atoms with van der Waals surface area (Å²) < 4.78 is 2.41. The normalized spacial score (nSPS) is 11.2. The van der Waals surface area contributed by atoms with Crippen molar-refractivity contribution in [2.75, 3.05) is 9.80 Å². The van der Waals surface area contributed by atoms with E-state index in [0.717, 1.165) is 95.6 Å². The topological polar surface area (TPSA) is 37.2 Å². The van der Waals surface area contributed by atoms with Crippen LogP contribution in [0.1, 0.15) is 11.1 Å². The van der Waals surface area contributed by atoms with Crippen molar-refractivity contribution in [3.8, 4) is 61.8 Å². The Morgan fingerprint density at radius 1 is 0.286 bits per heavy atom. The fraction of sp³-hybridized carbons (Fsp3) is 0.0278. The zero-order chi connectivity index (χ0) is 51.7. The Labute approximate surface area is 449 Å². The Morgan fingerprint density at radius 3 is 1.13 bits per heavy atom. The van der Waals surface area contributed by atoms with Gasteiger partial charge in [-0.1, -0.05) is 176 Å². The number of para-hydroxylation sites is 4. The molecular formula is C72H53N5. The third-order valence-electron chi connectivity index (χ3n) is 14.6. The first-order valence-electron chi connectivity index (χ1n) is 26.2. The third kappa shape index (κ3) is 9.11. The van der Waals surface area contributed by atoms with Crippen molar-refractivity contribution in [1.82, 2.24) is 14.5 Å². The second kappa shape index (κ2) is 20.3. The minimum Gasteiger partial charge on any atom is -0.310 e. The molecule has 0 N–H and O–H groups in total. The van der Waals surface area contributed by atoms with Gasteiger partial charge in [-0.3, -0.25) is 0 Å². The van der Waals surface area contributed by atoms with Crippen LogP contribution < -0.4 is 9.80 Å². The van der Waals surface area contributed by atoms with Crippen molar-refractivity contribution in [1.29, 1.82) is 0 Å². The lowest BCUT2D eigenvalue weighted by atomic mass is 9.92. The molecule has 2 heterocycles. The van der Waals surface area contributed by atoms with Gasteiger partial charge in [0.1, 0.15) is 0 Å². The van der Waals surface area contributed by atoms with E-state index >= 15 is 0 Å². The van der Waals surface area contributed by atoms with Crippen LogP contribution in [0.3, 0.4) is 0 Å². The summed E-state index contributed by atoms with van der Waals surface area (Å²) in [5, 5.41) is 2.34. The number of aryl methyl sites for hydroxylation is 2. The molecule has 0 amide bonds. The molecule has 0 fully saturated rings. The van der Waals surface area contributed by atoms with E-state index < -0.39 is 0 Å². The standard InChI is InChI=1S/C72H53N5/c1-50-46-65(69-49-68(55-21-9-3-10-22-55)73-72(74-69)56-23-11-4-12-24-56)51(2)45-64(50)54-35-33-52(34-36-54)53-37-39-61(40-38-53)77-70-43-41-62(75(57-25-13-5-14-26-57)58-27-15-6-16-28-58)47-66(70)67-48-63(42-44-71(67)77)76(59-29-17-7-18-30-59)60-31-19-8-20-32-60/h3-49H,1-2H3. The Balaban J connectivity index is 0.860. The predicted molar refractivity (Wildman–Crippen MR) is 322 cm³/mol. The molecule has 0 aliphatic heterocycles. The summed E-state index contributed by atoms with van der Waals surface area (Å²) in [7, 11) is 0. The van der Waals surface area contributed by atoms with Crippen LogP contribution in [0, 0.1) is 13.8 Å². The van der Waals surface area contributed by atoms with E-state index in [4.69, 9.17) is 9.97 Å². The number of rotatable bonds is 12. The number of hydrogen-bond acceptors (Lipinski definition) is 4. The van der Waals surface area contributed by atoms with E-state index in [0.29, 0.717) is 5.82 Å². The molecule has 11 aromatic carbocycles. The Morgan fingerprint density at radius 2 is 0.662 bits per heavy atom. The lowest BCUT2D eigenvalue weighted by molar-refractivity contribution is 1.18. The van der Waals surface area contributed by atoms with Gasteiger partial charge in [-0.15, -0.1) is 0 Å². The highest BCUT2D eigenvalue weighted by molar-refractivity contribution is 6.12. The van der Waals surface area contributed by atoms with Crippen LogP contribution in [0.5, 0.6) is 0 Å². The number of aromatic nitrogens is 3. The van der Waals surface area contributed by atoms with E-state index in [9.17, 15) is 0 Å². The molecule has 77 heavy (non-hydrogen) atoms. The van der Waals surface area contributed by atoms with Crippen molar-refractivity contribution < 1.29 is 0 Å². The highest BCUT2D eigenvalue weighted by atomic mass is 15.1. The molecule has 366 valence electrons. The number of benzene rings is 11. The van der Waals surface area contributed by atoms with Crippen LogP contribution in [0.2, 0.25) is 0 Å². The zero-order valence-corrected chi connectivity index (χ0v) is 42.9. The molecule has 5 heteroatoms. The molecule has 0 saturated heterocycles. The SMILES string of the molecule is Cc1cc(-c2cc(-c3ccccc3)nc(-c3ccccc3)n2)c(C)cc1-c1ccc(-c2ccc(-n3c4ccc(N(c5ccccc5)c5ccccc5)cc4c4cc(N(c5ccccc5)c5ccccc5)ccc43)cc2)cc1. The quantitative estimate of drug-likeness (QED) is 0.122. The van der Waals surface area contributed by atoms with E-state index in [1.807, 2.05) is 24.3 Å². The highest BCUT2D eigenvalue weighted by Gasteiger charge is 2.21. The fourth-order valence-corrected chi connectivity index (χ4v) is 10.9. The molecule has 5 nitrogen and oxygen atoms in total. The van der Waals surface area contributed by atoms with Crippen LogP contribution in [0.15, 0.2) is 285 Å². The van der Waals surface area contributed by atoms with Crippen LogP contribution in [0.25, 0.3) is 83.6 Å². The van der Waals surface area contributed by atoms with E-state index in [2.05, 4.69) is 289 Å². The van der Waals surface area contributed by atoms with Gasteiger partial charge >= 0.3 is 0 Å². The maximum absolute atomic E-state index is 5.15. The van der Waals surface area contributed by atoms with Crippen LogP contribution in [-0.2, 0) is 0 Å². The van der Waals surface area contributed by atoms with Gasteiger partial charge in [0.25, 0.3) is 0 Å². The summed E-state index contributed by atoms with van der Waals surface area (Å²) in [6.07, 6.45) is 0. The molecule has 0 radical (unpaired) electrons. The number of nitrogens with zero attached hydrogens (tertiary/aromatic N) is 5. The Kier molecular flexibility index (Phi) is 12.3. The first kappa shape index (κ1) is 46.7. The third-order valence-corrected chi connectivity index (χ3v) is 14.6. The summed E-state index contributed by atoms with van der Waals surface area (Å²) in [5.74, 6) is 0.717. The summed E-state index contributed by atoms with van der Waals surface area (Å²) in [6.45, 7) is 4.38.